The first-order chi connectivity index (χ1) is 13.7. The van der Waals surface area contributed by atoms with Crippen LogP contribution >= 0.6 is 11.6 Å². The lowest BCUT2D eigenvalue weighted by Gasteiger charge is -2.34. The van der Waals surface area contributed by atoms with E-state index in [0.29, 0.717) is 43.3 Å². The van der Waals surface area contributed by atoms with E-state index < -0.39 is 9.84 Å². The molecular formula is C20H27ClN4O3S. The second-order valence-corrected chi connectivity index (χ2v) is 10.4. The van der Waals surface area contributed by atoms with E-state index in [0.717, 1.165) is 11.4 Å². The molecule has 1 amide bonds. The van der Waals surface area contributed by atoms with Gasteiger partial charge in [-0.05, 0) is 30.2 Å². The van der Waals surface area contributed by atoms with E-state index in [4.69, 9.17) is 11.6 Å². The maximum atomic E-state index is 13.2. The molecule has 0 atom stereocenters. The highest BCUT2D eigenvalue weighted by Gasteiger charge is 2.27. The van der Waals surface area contributed by atoms with E-state index in [9.17, 15) is 13.2 Å². The minimum atomic E-state index is -2.98. The van der Waals surface area contributed by atoms with E-state index in [1.807, 2.05) is 30.9 Å². The topological polar surface area (TPSA) is 75.5 Å². The summed E-state index contributed by atoms with van der Waals surface area (Å²) < 4.78 is 24.5. The standard InChI is InChI=1S/C20H27ClN4O3S/c1-15(2)19-18(14-22-25(19)17-6-4-16(21)5-7-17)20(26)24-10-8-23(9-11-24)12-13-29(3,27)28/h4-7,14-15H,8-13H2,1-3H3. The summed E-state index contributed by atoms with van der Waals surface area (Å²) in [5.41, 5.74) is 2.35. The lowest BCUT2D eigenvalue weighted by molar-refractivity contribution is 0.0642. The van der Waals surface area contributed by atoms with Crippen molar-refractivity contribution < 1.29 is 13.2 Å². The van der Waals surface area contributed by atoms with Crippen molar-refractivity contribution in [3.8, 4) is 5.69 Å². The van der Waals surface area contributed by atoms with Crippen LogP contribution in [0.5, 0.6) is 0 Å². The molecule has 2 heterocycles. The number of amides is 1. The highest BCUT2D eigenvalue weighted by Crippen LogP contribution is 2.25. The average Bonchev–Trinajstić information content (AvgIpc) is 3.11. The highest BCUT2D eigenvalue weighted by molar-refractivity contribution is 7.90. The van der Waals surface area contributed by atoms with E-state index in [2.05, 4.69) is 10.00 Å². The van der Waals surface area contributed by atoms with Crippen molar-refractivity contribution in [2.24, 2.45) is 0 Å². The molecule has 0 saturated carbocycles. The summed E-state index contributed by atoms with van der Waals surface area (Å²) in [5, 5.41) is 5.12. The smallest absolute Gasteiger partial charge is 0.257 e. The first-order valence-electron chi connectivity index (χ1n) is 9.69. The number of sulfone groups is 1. The van der Waals surface area contributed by atoms with Gasteiger partial charge in [0.05, 0.1) is 28.9 Å². The zero-order valence-electron chi connectivity index (χ0n) is 17.0. The zero-order valence-corrected chi connectivity index (χ0v) is 18.6. The van der Waals surface area contributed by atoms with Gasteiger partial charge in [0, 0.05) is 44.0 Å². The van der Waals surface area contributed by atoms with Crippen LogP contribution in [0.1, 0.15) is 35.8 Å². The Morgan fingerprint density at radius 2 is 1.76 bits per heavy atom. The molecule has 1 fully saturated rings. The number of benzene rings is 1. The molecule has 0 radical (unpaired) electrons. The molecule has 0 N–H and O–H groups in total. The van der Waals surface area contributed by atoms with Crippen molar-refractivity contribution in [1.29, 1.82) is 0 Å². The lowest BCUT2D eigenvalue weighted by Crippen LogP contribution is -2.49. The molecule has 0 unspecified atom stereocenters. The summed E-state index contributed by atoms with van der Waals surface area (Å²) in [7, 11) is -2.98. The molecule has 9 heteroatoms. The van der Waals surface area contributed by atoms with Crippen molar-refractivity contribution in [2.75, 3.05) is 44.7 Å². The zero-order chi connectivity index (χ0) is 21.2. The Kier molecular flexibility index (Phi) is 6.65. The van der Waals surface area contributed by atoms with E-state index >= 15 is 0 Å². The summed E-state index contributed by atoms with van der Waals surface area (Å²) in [4.78, 5) is 17.1. The van der Waals surface area contributed by atoms with Gasteiger partial charge in [0.25, 0.3) is 5.91 Å². The number of rotatable bonds is 6. The Hall–Kier alpha value is -1.90. The maximum Gasteiger partial charge on any atom is 0.257 e. The number of piperazine rings is 1. The van der Waals surface area contributed by atoms with Crippen LogP contribution in [0.25, 0.3) is 5.69 Å². The molecule has 3 rings (SSSR count). The van der Waals surface area contributed by atoms with Gasteiger partial charge in [-0.15, -0.1) is 0 Å². The normalized spacial score (nSPS) is 15.8. The summed E-state index contributed by atoms with van der Waals surface area (Å²) in [6.45, 7) is 7.09. The van der Waals surface area contributed by atoms with Gasteiger partial charge in [0.2, 0.25) is 0 Å². The molecule has 1 saturated heterocycles. The van der Waals surface area contributed by atoms with Crippen molar-refractivity contribution in [3.63, 3.8) is 0 Å². The number of nitrogens with zero attached hydrogens (tertiary/aromatic N) is 4. The van der Waals surface area contributed by atoms with Crippen molar-refractivity contribution in [3.05, 3.63) is 46.7 Å². The third kappa shape index (κ3) is 5.38. The molecule has 158 valence electrons. The minimum absolute atomic E-state index is 0.0309. The first kappa shape index (κ1) is 21.8. The number of hydrogen-bond donors (Lipinski definition) is 0. The van der Waals surface area contributed by atoms with Crippen molar-refractivity contribution >= 4 is 27.3 Å². The maximum absolute atomic E-state index is 13.2. The molecule has 1 aliphatic heterocycles. The van der Waals surface area contributed by atoms with Crippen LogP contribution in [0.15, 0.2) is 30.5 Å². The lowest BCUT2D eigenvalue weighted by atomic mass is 10.0. The highest BCUT2D eigenvalue weighted by atomic mass is 35.5. The molecule has 0 bridgehead atoms. The molecule has 29 heavy (non-hydrogen) atoms. The van der Waals surface area contributed by atoms with E-state index in [1.165, 1.54) is 6.26 Å². The van der Waals surface area contributed by atoms with Crippen molar-refractivity contribution in [1.82, 2.24) is 19.6 Å². The van der Waals surface area contributed by atoms with Crippen LogP contribution in [0.4, 0.5) is 0 Å². The van der Waals surface area contributed by atoms with Gasteiger partial charge in [-0.25, -0.2) is 13.1 Å². The first-order valence-corrected chi connectivity index (χ1v) is 12.1. The SMILES string of the molecule is CC(C)c1c(C(=O)N2CCN(CCS(C)(=O)=O)CC2)cnn1-c1ccc(Cl)cc1. The fourth-order valence-corrected chi connectivity index (χ4v) is 4.22. The van der Waals surface area contributed by atoms with Gasteiger partial charge >= 0.3 is 0 Å². The number of carbonyl (C=O) groups excluding carboxylic acids is 1. The average molecular weight is 439 g/mol. The summed E-state index contributed by atoms with van der Waals surface area (Å²) in [5.74, 6) is 0.228. The van der Waals surface area contributed by atoms with E-state index in [-0.39, 0.29) is 17.6 Å². The van der Waals surface area contributed by atoms with Crippen LogP contribution in [0.3, 0.4) is 0 Å². The largest absolute Gasteiger partial charge is 0.336 e. The molecular weight excluding hydrogens is 412 g/mol. The third-order valence-electron chi connectivity index (χ3n) is 5.09. The van der Waals surface area contributed by atoms with Crippen LogP contribution in [-0.4, -0.2) is 78.6 Å². The summed E-state index contributed by atoms with van der Waals surface area (Å²) >= 11 is 5.99. The monoisotopic (exact) mass is 438 g/mol. The molecule has 1 aliphatic rings. The molecule has 0 spiro atoms. The number of carbonyl (C=O) groups is 1. The Labute approximate surface area is 177 Å². The minimum Gasteiger partial charge on any atom is -0.336 e. The van der Waals surface area contributed by atoms with Crippen molar-refractivity contribution in [2.45, 2.75) is 19.8 Å². The van der Waals surface area contributed by atoms with Crippen LogP contribution in [-0.2, 0) is 9.84 Å². The Balaban J connectivity index is 1.74. The van der Waals surface area contributed by atoms with Gasteiger partial charge in [-0.2, -0.15) is 5.10 Å². The Morgan fingerprint density at radius 3 is 2.31 bits per heavy atom. The predicted molar refractivity (Wildman–Crippen MR) is 115 cm³/mol. The van der Waals surface area contributed by atoms with Gasteiger partial charge < -0.3 is 4.90 Å². The van der Waals surface area contributed by atoms with Crippen LogP contribution in [0, 0.1) is 0 Å². The molecule has 0 aliphatic carbocycles. The Bertz CT molecular complexity index is 962. The fourth-order valence-electron chi connectivity index (χ4n) is 3.51. The molecule has 2 aromatic rings. The van der Waals surface area contributed by atoms with Gasteiger partial charge in [0.1, 0.15) is 9.84 Å². The van der Waals surface area contributed by atoms with Gasteiger partial charge in [-0.3, -0.25) is 9.69 Å². The second-order valence-electron chi connectivity index (χ2n) is 7.75. The molecule has 1 aromatic carbocycles. The third-order valence-corrected chi connectivity index (χ3v) is 6.27. The number of hydrogen-bond acceptors (Lipinski definition) is 5. The number of halogens is 1. The molecule has 1 aromatic heterocycles. The van der Waals surface area contributed by atoms with Gasteiger partial charge in [-0.1, -0.05) is 25.4 Å². The van der Waals surface area contributed by atoms with Gasteiger partial charge in [0.15, 0.2) is 0 Å². The molecule has 7 nitrogen and oxygen atoms in total. The second kappa shape index (κ2) is 8.85. The fraction of sp³-hybridized carbons (Fsp3) is 0.500. The van der Waals surface area contributed by atoms with Crippen LogP contribution < -0.4 is 0 Å². The van der Waals surface area contributed by atoms with E-state index in [1.54, 1.807) is 23.0 Å². The predicted octanol–water partition coefficient (Wildman–Crippen LogP) is 2.45. The van der Waals surface area contributed by atoms with Crippen LogP contribution in [0.2, 0.25) is 5.02 Å². The summed E-state index contributed by atoms with van der Waals surface area (Å²) in [6, 6.07) is 7.38. The summed E-state index contributed by atoms with van der Waals surface area (Å²) in [6.07, 6.45) is 2.89. The quantitative estimate of drug-likeness (QED) is 0.692. The number of aromatic nitrogens is 2. The Morgan fingerprint density at radius 1 is 1.14 bits per heavy atom.